The lowest BCUT2D eigenvalue weighted by Gasteiger charge is -2.17. The normalized spacial score (nSPS) is 21.0. The fraction of sp³-hybridized carbons (Fsp3) is 0.643. The maximum Gasteiger partial charge on any atom is 0.244 e. The summed E-state index contributed by atoms with van der Waals surface area (Å²) in [5.74, 6) is 0.460. The Morgan fingerprint density at radius 1 is 1.36 bits per heavy atom. The predicted molar refractivity (Wildman–Crippen MR) is 84.5 cm³/mol. The largest absolute Gasteiger partial charge is 0.396 e. The predicted octanol–water partition coefficient (Wildman–Crippen LogP) is 1.70. The van der Waals surface area contributed by atoms with Gasteiger partial charge in [-0.25, -0.2) is 13.4 Å². The first kappa shape index (κ1) is 16.0. The van der Waals surface area contributed by atoms with E-state index >= 15 is 0 Å². The molecule has 2 fully saturated rings. The Morgan fingerprint density at radius 3 is 2.59 bits per heavy atom. The number of nitrogens with zero attached hydrogens (tertiary/aromatic N) is 2. The van der Waals surface area contributed by atoms with Crippen LogP contribution in [-0.2, 0) is 10.0 Å². The third-order valence-corrected chi connectivity index (χ3v) is 6.59. The zero-order valence-corrected chi connectivity index (χ0v) is 13.8. The summed E-state index contributed by atoms with van der Waals surface area (Å²) < 4.78 is 26.4. The number of rotatable bonds is 6. The van der Waals surface area contributed by atoms with Gasteiger partial charge in [-0.05, 0) is 31.7 Å². The van der Waals surface area contributed by atoms with Crippen LogP contribution in [0.5, 0.6) is 0 Å². The molecule has 1 aromatic heterocycles. The van der Waals surface area contributed by atoms with Crippen molar-refractivity contribution in [1.29, 1.82) is 0 Å². The highest BCUT2D eigenvalue weighted by atomic mass is 35.5. The van der Waals surface area contributed by atoms with E-state index in [-0.39, 0.29) is 21.9 Å². The van der Waals surface area contributed by atoms with E-state index in [1.165, 1.54) is 16.6 Å². The number of aromatic nitrogens is 1. The Morgan fingerprint density at radius 2 is 2.05 bits per heavy atom. The lowest BCUT2D eigenvalue weighted by Crippen LogP contribution is -2.28. The molecule has 1 aliphatic heterocycles. The average molecular weight is 346 g/mol. The molecule has 0 atom stereocenters. The second kappa shape index (κ2) is 5.96. The maximum absolute atomic E-state index is 12.4. The first-order chi connectivity index (χ1) is 10.5. The number of nitrogens with one attached hydrogen (secondary N) is 1. The fourth-order valence-corrected chi connectivity index (χ4v) is 4.40. The fourth-order valence-electron chi connectivity index (χ4n) is 2.61. The maximum atomic E-state index is 12.4. The zero-order chi connectivity index (χ0) is 15.8. The van der Waals surface area contributed by atoms with E-state index < -0.39 is 10.0 Å². The van der Waals surface area contributed by atoms with Crippen molar-refractivity contribution in [2.75, 3.05) is 31.6 Å². The van der Waals surface area contributed by atoms with Crippen molar-refractivity contribution in [3.63, 3.8) is 0 Å². The van der Waals surface area contributed by atoms with Crippen molar-refractivity contribution in [3.8, 4) is 0 Å². The molecule has 1 saturated carbocycles. The van der Waals surface area contributed by atoms with Crippen LogP contribution in [0.25, 0.3) is 0 Å². The average Bonchev–Trinajstić information content (AvgIpc) is 3.06. The summed E-state index contributed by atoms with van der Waals surface area (Å²) >= 11 is 6.16. The minimum absolute atomic E-state index is 0.0642. The third kappa shape index (κ3) is 3.08. The van der Waals surface area contributed by atoms with Crippen LogP contribution in [0.3, 0.4) is 0 Å². The molecule has 8 heteroatoms. The van der Waals surface area contributed by atoms with Crippen LogP contribution in [0.1, 0.15) is 25.7 Å². The molecule has 0 bridgehead atoms. The third-order valence-electron chi connectivity index (χ3n) is 4.44. The molecule has 2 heterocycles. The number of halogens is 1. The topological polar surface area (TPSA) is 82.5 Å². The van der Waals surface area contributed by atoms with E-state index in [2.05, 4.69) is 10.3 Å². The minimum atomic E-state index is -3.50. The van der Waals surface area contributed by atoms with Gasteiger partial charge in [0.2, 0.25) is 10.0 Å². The number of hydrogen-bond donors (Lipinski definition) is 2. The Bertz CT molecular complexity index is 655. The molecule has 0 spiro atoms. The van der Waals surface area contributed by atoms with Crippen LogP contribution in [0.15, 0.2) is 17.2 Å². The number of sulfonamides is 1. The van der Waals surface area contributed by atoms with Crippen LogP contribution in [0, 0.1) is 5.41 Å². The molecule has 0 amide bonds. The molecule has 1 aliphatic carbocycles. The molecule has 1 saturated heterocycles. The van der Waals surface area contributed by atoms with Crippen LogP contribution in [0.4, 0.5) is 5.82 Å². The summed E-state index contributed by atoms with van der Waals surface area (Å²) in [5.41, 5.74) is -0.0642. The number of anilines is 1. The summed E-state index contributed by atoms with van der Waals surface area (Å²) in [6, 6.07) is 1.45. The van der Waals surface area contributed by atoms with E-state index in [1.807, 2.05) is 0 Å². The zero-order valence-electron chi connectivity index (χ0n) is 12.3. The van der Waals surface area contributed by atoms with Gasteiger partial charge >= 0.3 is 0 Å². The summed E-state index contributed by atoms with van der Waals surface area (Å²) in [6.07, 6.45) is 5.10. The van der Waals surface area contributed by atoms with E-state index in [0.717, 1.165) is 25.7 Å². The van der Waals surface area contributed by atoms with Crippen molar-refractivity contribution >= 4 is 27.4 Å². The smallest absolute Gasteiger partial charge is 0.244 e. The standard InChI is InChI=1S/C14H20ClN3O3S/c15-12-7-11(22(20,21)18-5-1-2-6-18)8-16-13(12)17-9-14(10-19)3-4-14/h7-8,19H,1-6,9-10H2,(H,16,17). The summed E-state index contributed by atoms with van der Waals surface area (Å²) in [5, 5.41) is 12.7. The molecule has 0 radical (unpaired) electrons. The Balaban J connectivity index is 1.74. The molecule has 122 valence electrons. The quantitative estimate of drug-likeness (QED) is 0.820. The van der Waals surface area contributed by atoms with Crippen LogP contribution >= 0.6 is 11.6 Å². The molecule has 2 N–H and O–H groups in total. The molecule has 0 aromatic carbocycles. The number of aliphatic hydroxyl groups excluding tert-OH is 1. The number of hydrogen-bond acceptors (Lipinski definition) is 5. The second-order valence-corrected chi connectivity index (χ2v) is 8.47. The van der Waals surface area contributed by atoms with E-state index in [9.17, 15) is 13.5 Å². The van der Waals surface area contributed by atoms with Crippen LogP contribution in [0.2, 0.25) is 5.02 Å². The van der Waals surface area contributed by atoms with Crippen molar-refractivity contribution < 1.29 is 13.5 Å². The Labute approximate surface area is 135 Å². The molecule has 2 aliphatic rings. The number of pyridine rings is 1. The van der Waals surface area contributed by atoms with Gasteiger partial charge < -0.3 is 10.4 Å². The van der Waals surface area contributed by atoms with E-state index in [0.29, 0.717) is 25.5 Å². The Kier molecular flexibility index (Phi) is 4.33. The van der Waals surface area contributed by atoms with Crippen LogP contribution in [-0.4, -0.2) is 49.1 Å². The summed E-state index contributed by atoms with van der Waals surface area (Å²) in [7, 11) is -3.50. The minimum Gasteiger partial charge on any atom is -0.396 e. The lowest BCUT2D eigenvalue weighted by atomic mass is 10.1. The second-order valence-electron chi connectivity index (χ2n) is 6.12. The van der Waals surface area contributed by atoms with Gasteiger partial charge in [-0.1, -0.05) is 11.6 Å². The first-order valence-electron chi connectivity index (χ1n) is 7.47. The first-order valence-corrected chi connectivity index (χ1v) is 9.29. The molecule has 6 nitrogen and oxygen atoms in total. The molecule has 22 heavy (non-hydrogen) atoms. The Hall–Kier alpha value is -0.890. The van der Waals surface area contributed by atoms with Gasteiger partial charge in [-0.15, -0.1) is 0 Å². The van der Waals surface area contributed by atoms with Gasteiger partial charge in [0.05, 0.1) is 11.6 Å². The van der Waals surface area contributed by atoms with Gasteiger partial charge in [-0.2, -0.15) is 4.31 Å². The van der Waals surface area contributed by atoms with Crippen molar-refractivity contribution in [2.45, 2.75) is 30.6 Å². The van der Waals surface area contributed by atoms with E-state index in [1.54, 1.807) is 0 Å². The highest BCUT2D eigenvalue weighted by Crippen LogP contribution is 2.45. The SMILES string of the molecule is O=S(=O)(c1cnc(NCC2(CO)CC2)c(Cl)c1)N1CCCC1. The van der Waals surface area contributed by atoms with Crippen molar-refractivity contribution in [1.82, 2.24) is 9.29 Å². The summed E-state index contributed by atoms with van der Waals surface area (Å²) in [6.45, 7) is 1.84. The number of aliphatic hydroxyl groups is 1. The molecule has 3 rings (SSSR count). The highest BCUT2D eigenvalue weighted by Gasteiger charge is 2.41. The van der Waals surface area contributed by atoms with Crippen molar-refractivity contribution in [3.05, 3.63) is 17.3 Å². The molecular formula is C14H20ClN3O3S. The van der Waals surface area contributed by atoms with Gasteiger partial charge in [0.1, 0.15) is 10.7 Å². The van der Waals surface area contributed by atoms with Gasteiger partial charge in [0.25, 0.3) is 0 Å². The monoisotopic (exact) mass is 345 g/mol. The van der Waals surface area contributed by atoms with Gasteiger partial charge in [0.15, 0.2) is 0 Å². The molecule has 1 aromatic rings. The van der Waals surface area contributed by atoms with E-state index in [4.69, 9.17) is 11.6 Å². The van der Waals surface area contributed by atoms with Gasteiger partial charge in [-0.3, -0.25) is 0 Å². The highest BCUT2D eigenvalue weighted by molar-refractivity contribution is 7.89. The lowest BCUT2D eigenvalue weighted by molar-refractivity contribution is 0.219. The molecular weight excluding hydrogens is 326 g/mol. The van der Waals surface area contributed by atoms with Gasteiger partial charge in [0, 0.05) is 31.2 Å². The van der Waals surface area contributed by atoms with Crippen LogP contribution < -0.4 is 5.32 Å². The molecule has 0 unspecified atom stereocenters. The summed E-state index contributed by atoms with van der Waals surface area (Å²) in [4.78, 5) is 4.28. The van der Waals surface area contributed by atoms with Crippen molar-refractivity contribution in [2.24, 2.45) is 5.41 Å².